The summed E-state index contributed by atoms with van der Waals surface area (Å²) in [4.78, 5) is 33.6. The largest absolute Gasteiger partial charge is 0.444 e. The molecule has 1 amide bonds. The second-order valence-corrected chi connectivity index (χ2v) is 13.5. The molecule has 3 heterocycles. The van der Waals surface area contributed by atoms with E-state index in [9.17, 15) is 32.3 Å². The third-order valence-electron chi connectivity index (χ3n) is 7.42. The third-order valence-corrected chi connectivity index (χ3v) is 8.95. The lowest BCUT2D eigenvalue weighted by molar-refractivity contribution is -0.137. The first-order chi connectivity index (χ1) is 20.4. The zero-order chi connectivity index (χ0) is 32.5. The Labute approximate surface area is 258 Å². The van der Waals surface area contributed by atoms with Crippen molar-refractivity contribution in [2.75, 3.05) is 23.7 Å². The van der Waals surface area contributed by atoms with E-state index in [0.29, 0.717) is 6.07 Å². The van der Waals surface area contributed by atoms with Crippen LogP contribution in [0.4, 0.5) is 32.6 Å². The Balaban J connectivity index is 1.76. The van der Waals surface area contributed by atoms with Crippen LogP contribution in [-0.4, -0.2) is 68.3 Å². The molecule has 3 aromatic rings. The molecule has 1 fully saturated rings. The summed E-state index contributed by atoms with van der Waals surface area (Å²) in [6.07, 6.45) is -6.71. The van der Waals surface area contributed by atoms with Crippen LogP contribution in [0.3, 0.4) is 0 Å². The van der Waals surface area contributed by atoms with Crippen LogP contribution in [0, 0.1) is 11.6 Å². The predicted molar refractivity (Wildman–Crippen MR) is 157 cm³/mol. The van der Waals surface area contributed by atoms with Gasteiger partial charge in [0.1, 0.15) is 23.1 Å². The Morgan fingerprint density at radius 3 is 2.30 bits per heavy atom. The molecular formula is C29H30ClF5N4O4S. The lowest BCUT2D eigenvalue weighted by Crippen LogP contribution is -2.59. The van der Waals surface area contributed by atoms with Gasteiger partial charge in [0.05, 0.1) is 40.8 Å². The standard InChI is InChI=1S/C29H30ClF5N4O4S/c1-13-9-37(10-14(2)39(13)27(42)43-28(3,4)5)25-17-6-18(29(33,34)35)22(16-7-19(30)21(32)8-20(16)31)24-23(17)38(26(41)36-25)11-15(40)12-44-24/h6-8,13-15,40H,9-12H2,1-5H3/t13-,14+,15-/m1/s1. The van der Waals surface area contributed by atoms with Crippen LogP contribution >= 0.6 is 23.4 Å². The summed E-state index contributed by atoms with van der Waals surface area (Å²) in [5, 5.41) is 9.95. The molecule has 238 valence electrons. The molecule has 1 saturated heterocycles. The highest BCUT2D eigenvalue weighted by molar-refractivity contribution is 7.99. The molecule has 5 rings (SSSR count). The summed E-state index contributed by atoms with van der Waals surface area (Å²) < 4.78 is 80.2. The Kier molecular flexibility index (Phi) is 8.34. The SMILES string of the molecule is C[C@@H]1CN(c2nc(=O)n3c4c(c(-c5cc(Cl)c(F)cc5F)c(C(F)(F)F)cc24)SC[C@H](O)C3)C[C@H](C)N1C(=O)OC(C)(C)C. The molecule has 1 N–H and O–H groups in total. The quantitative estimate of drug-likeness (QED) is 0.255. The Morgan fingerprint density at radius 2 is 1.70 bits per heavy atom. The topological polar surface area (TPSA) is 87.9 Å². The fraction of sp³-hybridized carbons (Fsp3) is 0.483. The number of hydrogen-bond acceptors (Lipinski definition) is 7. The molecule has 3 atom stereocenters. The number of ether oxygens (including phenoxy) is 1. The van der Waals surface area contributed by atoms with Gasteiger partial charge in [0.25, 0.3) is 0 Å². The number of nitrogens with zero attached hydrogens (tertiary/aromatic N) is 4. The van der Waals surface area contributed by atoms with Crippen LogP contribution < -0.4 is 10.6 Å². The van der Waals surface area contributed by atoms with E-state index in [2.05, 4.69) is 4.98 Å². The number of aromatic nitrogens is 2. The van der Waals surface area contributed by atoms with E-state index in [1.165, 1.54) is 4.90 Å². The number of piperazine rings is 1. The van der Waals surface area contributed by atoms with Gasteiger partial charge in [0.15, 0.2) is 0 Å². The molecule has 2 aliphatic rings. The maximum absolute atomic E-state index is 15.2. The van der Waals surface area contributed by atoms with Crippen molar-refractivity contribution in [3.05, 3.63) is 50.9 Å². The number of carbonyl (C=O) groups excluding carboxylic acids is 1. The van der Waals surface area contributed by atoms with Gasteiger partial charge >= 0.3 is 18.0 Å². The molecule has 2 aromatic carbocycles. The number of amides is 1. The van der Waals surface area contributed by atoms with Crippen LogP contribution in [0.1, 0.15) is 40.2 Å². The van der Waals surface area contributed by atoms with Crippen molar-refractivity contribution in [2.45, 2.75) is 76.0 Å². The minimum Gasteiger partial charge on any atom is -0.444 e. The lowest BCUT2D eigenvalue weighted by atomic mass is 9.95. The normalized spacial score (nSPS) is 21.0. The van der Waals surface area contributed by atoms with E-state index in [0.717, 1.165) is 28.5 Å². The number of thioether (sulfide) groups is 1. The van der Waals surface area contributed by atoms with E-state index in [1.54, 1.807) is 39.5 Å². The second-order valence-electron chi connectivity index (χ2n) is 12.1. The minimum absolute atomic E-state index is 0.0271. The van der Waals surface area contributed by atoms with Gasteiger partial charge in [0, 0.05) is 46.3 Å². The van der Waals surface area contributed by atoms with Gasteiger partial charge in [-0.15, -0.1) is 11.8 Å². The molecule has 44 heavy (non-hydrogen) atoms. The molecule has 1 aromatic heterocycles. The van der Waals surface area contributed by atoms with Gasteiger partial charge in [-0.05, 0) is 46.8 Å². The predicted octanol–water partition coefficient (Wildman–Crippen LogP) is 6.31. The highest BCUT2D eigenvalue weighted by Crippen LogP contribution is 2.49. The van der Waals surface area contributed by atoms with E-state index in [-0.39, 0.29) is 47.0 Å². The van der Waals surface area contributed by atoms with Gasteiger partial charge in [-0.2, -0.15) is 18.2 Å². The molecule has 0 saturated carbocycles. The smallest absolute Gasteiger partial charge is 0.417 e. The first-order valence-electron chi connectivity index (χ1n) is 13.8. The molecule has 0 bridgehead atoms. The number of aliphatic hydroxyl groups excluding tert-OH is 1. The van der Waals surface area contributed by atoms with Gasteiger partial charge < -0.3 is 14.7 Å². The average Bonchev–Trinajstić information content (AvgIpc) is 3.06. The maximum Gasteiger partial charge on any atom is 0.417 e. The number of aliphatic hydroxyl groups is 1. The average molecular weight is 661 g/mol. The number of hydrogen-bond donors (Lipinski definition) is 1. The lowest BCUT2D eigenvalue weighted by Gasteiger charge is -2.45. The van der Waals surface area contributed by atoms with E-state index in [4.69, 9.17) is 16.3 Å². The summed E-state index contributed by atoms with van der Waals surface area (Å²) in [6.45, 7) is 8.68. The summed E-state index contributed by atoms with van der Waals surface area (Å²) in [7, 11) is 0. The van der Waals surface area contributed by atoms with Crippen molar-refractivity contribution in [1.82, 2.24) is 14.5 Å². The molecule has 0 unspecified atom stereocenters. The number of anilines is 1. The van der Waals surface area contributed by atoms with Gasteiger partial charge in [-0.1, -0.05) is 11.6 Å². The zero-order valence-electron chi connectivity index (χ0n) is 24.4. The molecule has 2 aliphatic heterocycles. The number of carbonyl (C=O) groups is 1. The zero-order valence-corrected chi connectivity index (χ0v) is 26.0. The highest BCUT2D eigenvalue weighted by atomic mass is 35.5. The second kappa shape index (κ2) is 11.4. The van der Waals surface area contributed by atoms with Crippen molar-refractivity contribution in [3.63, 3.8) is 0 Å². The summed E-state index contributed by atoms with van der Waals surface area (Å²) >= 11 is 6.71. The van der Waals surface area contributed by atoms with Crippen LogP contribution in [-0.2, 0) is 17.5 Å². The van der Waals surface area contributed by atoms with Crippen LogP contribution in [0.25, 0.3) is 22.0 Å². The maximum atomic E-state index is 15.2. The Bertz CT molecular complexity index is 1700. The van der Waals surface area contributed by atoms with Crippen molar-refractivity contribution in [2.24, 2.45) is 0 Å². The summed E-state index contributed by atoms with van der Waals surface area (Å²) in [6, 6.07) is 1.04. The van der Waals surface area contributed by atoms with Crippen molar-refractivity contribution < 1.29 is 36.6 Å². The van der Waals surface area contributed by atoms with E-state index < -0.39 is 75.1 Å². The van der Waals surface area contributed by atoms with Crippen molar-refractivity contribution in [1.29, 1.82) is 0 Å². The fourth-order valence-electron chi connectivity index (χ4n) is 5.76. The highest BCUT2D eigenvalue weighted by Gasteiger charge is 2.41. The van der Waals surface area contributed by atoms with Crippen LogP contribution in [0.2, 0.25) is 5.02 Å². The van der Waals surface area contributed by atoms with Gasteiger partial charge in [-0.25, -0.2) is 18.4 Å². The van der Waals surface area contributed by atoms with Gasteiger partial charge in [-0.3, -0.25) is 9.47 Å². The fourth-order valence-corrected chi connectivity index (χ4v) is 7.11. The van der Waals surface area contributed by atoms with E-state index in [1.807, 2.05) is 0 Å². The van der Waals surface area contributed by atoms with Gasteiger partial charge in [0.2, 0.25) is 0 Å². The molecule has 15 heteroatoms. The molecule has 0 aliphatic carbocycles. The van der Waals surface area contributed by atoms with Crippen molar-refractivity contribution >= 4 is 46.2 Å². The first-order valence-corrected chi connectivity index (χ1v) is 15.1. The molecular weight excluding hydrogens is 631 g/mol. The Morgan fingerprint density at radius 1 is 1.07 bits per heavy atom. The number of benzene rings is 2. The molecule has 0 radical (unpaired) electrons. The number of rotatable bonds is 2. The summed E-state index contributed by atoms with van der Waals surface area (Å²) in [5.74, 6) is -2.58. The first kappa shape index (κ1) is 32.3. The number of halogens is 6. The Hall–Kier alpha value is -3.10. The van der Waals surface area contributed by atoms with Crippen LogP contribution in [0.15, 0.2) is 27.9 Å². The number of alkyl halides is 3. The third kappa shape index (κ3) is 5.95. The minimum atomic E-state index is -5.02. The van der Waals surface area contributed by atoms with Crippen molar-refractivity contribution in [3.8, 4) is 11.1 Å². The summed E-state index contributed by atoms with van der Waals surface area (Å²) in [5.41, 5.74) is -4.01. The molecule has 8 nitrogen and oxygen atoms in total. The van der Waals surface area contributed by atoms with Crippen LogP contribution in [0.5, 0.6) is 0 Å². The van der Waals surface area contributed by atoms with E-state index >= 15 is 4.39 Å². The molecule has 0 spiro atoms. The monoisotopic (exact) mass is 660 g/mol.